The lowest BCUT2D eigenvalue weighted by Crippen LogP contribution is -2.46. The van der Waals surface area contributed by atoms with Gasteiger partial charge >= 0.3 is 6.03 Å². The number of thiophene rings is 2. The molecular weight excluding hydrogens is 292 g/mol. The molecule has 4 nitrogen and oxygen atoms in total. The Morgan fingerprint density at radius 2 is 2.20 bits per heavy atom. The molecule has 0 fully saturated rings. The maximum Gasteiger partial charge on any atom is 0.315 e. The van der Waals surface area contributed by atoms with E-state index >= 15 is 0 Å². The maximum absolute atomic E-state index is 11.7. The minimum Gasteiger partial charge on any atom is -0.378 e. The summed E-state index contributed by atoms with van der Waals surface area (Å²) in [4.78, 5) is 12.5. The maximum atomic E-state index is 11.7. The second-order valence-electron chi connectivity index (χ2n) is 4.83. The highest BCUT2D eigenvalue weighted by atomic mass is 32.1. The van der Waals surface area contributed by atoms with Gasteiger partial charge in [0.2, 0.25) is 0 Å². The highest BCUT2D eigenvalue weighted by Gasteiger charge is 2.33. The Bertz CT molecular complexity index is 501. The number of aliphatic hydroxyl groups is 1. The van der Waals surface area contributed by atoms with Crippen molar-refractivity contribution in [1.82, 2.24) is 10.6 Å². The number of carbonyl (C=O) groups is 1. The molecule has 0 saturated carbocycles. The predicted molar refractivity (Wildman–Crippen MR) is 83.3 cm³/mol. The molecule has 108 valence electrons. The number of hydrogen-bond donors (Lipinski definition) is 3. The van der Waals surface area contributed by atoms with Crippen molar-refractivity contribution in [3.63, 3.8) is 0 Å². The van der Waals surface area contributed by atoms with Crippen LogP contribution in [-0.2, 0) is 5.60 Å². The number of amides is 2. The van der Waals surface area contributed by atoms with Crippen LogP contribution in [0.15, 0.2) is 34.3 Å². The Morgan fingerprint density at radius 3 is 2.75 bits per heavy atom. The van der Waals surface area contributed by atoms with E-state index in [0.29, 0.717) is 0 Å². The highest BCUT2D eigenvalue weighted by Crippen LogP contribution is 2.33. The second-order valence-corrected chi connectivity index (χ2v) is 6.56. The third kappa shape index (κ3) is 3.39. The van der Waals surface area contributed by atoms with E-state index in [1.165, 1.54) is 22.7 Å². The standard InChI is InChI=1S/C14H18N2O2S2/c1-10(2)16-13(17)15-9-14(18,11-5-7-19-8-11)12-4-3-6-20-12/h3-8,10,18H,9H2,1-2H3,(H2,15,16,17). The van der Waals surface area contributed by atoms with Crippen LogP contribution in [0.2, 0.25) is 0 Å². The SMILES string of the molecule is CC(C)NC(=O)NCC(O)(c1ccsc1)c1cccs1. The van der Waals surface area contributed by atoms with Gasteiger partial charge in [0.15, 0.2) is 0 Å². The average Bonchev–Trinajstić information content (AvgIpc) is 3.07. The van der Waals surface area contributed by atoms with Gasteiger partial charge in [-0.1, -0.05) is 6.07 Å². The van der Waals surface area contributed by atoms with Crippen molar-refractivity contribution in [3.05, 3.63) is 44.8 Å². The molecule has 20 heavy (non-hydrogen) atoms. The van der Waals surface area contributed by atoms with E-state index in [4.69, 9.17) is 0 Å². The van der Waals surface area contributed by atoms with Crippen LogP contribution >= 0.6 is 22.7 Å². The first-order valence-electron chi connectivity index (χ1n) is 6.36. The summed E-state index contributed by atoms with van der Waals surface area (Å²) in [5.74, 6) is 0. The Hall–Kier alpha value is -1.37. The van der Waals surface area contributed by atoms with E-state index < -0.39 is 5.60 Å². The van der Waals surface area contributed by atoms with Crippen LogP contribution in [0.1, 0.15) is 24.3 Å². The van der Waals surface area contributed by atoms with E-state index in [1.807, 2.05) is 48.2 Å². The van der Waals surface area contributed by atoms with Crippen LogP contribution in [0, 0.1) is 0 Å². The van der Waals surface area contributed by atoms with Gasteiger partial charge in [0.1, 0.15) is 5.60 Å². The summed E-state index contributed by atoms with van der Waals surface area (Å²) >= 11 is 3.00. The molecule has 2 aromatic heterocycles. The fraction of sp³-hybridized carbons (Fsp3) is 0.357. The van der Waals surface area contributed by atoms with Gasteiger partial charge in [-0.25, -0.2) is 4.79 Å². The van der Waals surface area contributed by atoms with Crippen molar-refractivity contribution in [3.8, 4) is 0 Å². The summed E-state index contributed by atoms with van der Waals surface area (Å²) < 4.78 is 0. The first kappa shape index (κ1) is 15.0. The van der Waals surface area contributed by atoms with E-state index in [2.05, 4.69) is 10.6 Å². The lowest BCUT2D eigenvalue weighted by Gasteiger charge is -2.27. The molecule has 0 aliphatic heterocycles. The van der Waals surface area contributed by atoms with Gasteiger partial charge in [-0.2, -0.15) is 11.3 Å². The zero-order valence-electron chi connectivity index (χ0n) is 11.4. The molecule has 0 aliphatic carbocycles. The molecule has 1 unspecified atom stereocenters. The van der Waals surface area contributed by atoms with Crippen LogP contribution < -0.4 is 10.6 Å². The third-order valence-electron chi connectivity index (χ3n) is 2.85. The molecule has 0 bridgehead atoms. The van der Waals surface area contributed by atoms with Crippen molar-refractivity contribution in [1.29, 1.82) is 0 Å². The zero-order valence-corrected chi connectivity index (χ0v) is 13.1. The molecule has 0 saturated heterocycles. The van der Waals surface area contributed by atoms with Gasteiger partial charge in [-0.05, 0) is 42.1 Å². The Morgan fingerprint density at radius 1 is 1.40 bits per heavy atom. The lowest BCUT2D eigenvalue weighted by molar-refractivity contribution is 0.0862. The minimum absolute atomic E-state index is 0.0611. The smallest absolute Gasteiger partial charge is 0.315 e. The molecule has 0 aromatic carbocycles. The molecular formula is C14H18N2O2S2. The first-order valence-corrected chi connectivity index (χ1v) is 8.18. The number of nitrogens with one attached hydrogen (secondary N) is 2. The average molecular weight is 310 g/mol. The van der Waals surface area contributed by atoms with Crippen molar-refractivity contribution in [2.75, 3.05) is 6.54 Å². The van der Waals surface area contributed by atoms with Crippen LogP contribution in [0.3, 0.4) is 0 Å². The normalized spacial score (nSPS) is 14.0. The number of urea groups is 1. The van der Waals surface area contributed by atoms with Crippen molar-refractivity contribution < 1.29 is 9.90 Å². The van der Waals surface area contributed by atoms with E-state index in [0.717, 1.165) is 10.4 Å². The molecule has 0 spiro atoms. The van der Waals surface area contributed by atoms with Crippen LogP contribution in [0.25, 0.3) is 0 Å². The molecule has 2 amide bonds. The summed E-state index contributed by atoms with van der Waals surface area (Å²) in [5.41, 5.74) is -0.377. The third-order valence-corrected chi connectivity index (χ3v) is 4.56. The van der Waals surface area contributed by atoms with Crippen molar-refractivity contribution >= 4 is 28.7 Å². The van der Waals surface area contributed by atoms with Gasteiger partial charge in [0.25, 0.3) is 0 Å². The van der Waals surface area contributed by atoms with Crippen molar-refractivity contribution in [2.45, 2.75) is 25.5 Å². The Kier molecular flexibility index (Phi) is 4.80. The van der Waals surface area contributed by atoms with Gasteiger partial charge in [-0.3, -0.25) is 0 Å². The summed E-state index contributed by atoms with van der Waals surface area (Å²) in [6.07, 6.45) is 0. The Labute approximate surface area is 126 Å². The molecule has 1 atom stereocenters. The molecule has 2 heterocycles. The van der Waals surface area contributed by atoms with E-state index in [1.54, 1.807) is 0 Å². The largest absolute Gasteiger partial charge is 0.378 e. The zero-order chi connectivity index (χ0) is 14.6. The lowest BCUT2D eigenvalue weighted by atomic mass is 9.94. The van der Waals surface area contributed by atoms with E-state index in [-0.39, 0.29) is 18.6 Å². The molecule has 2 aromatic rings. The monoisotopic (exact) mass is 310 g/mol. The van der Waals surface area contributed by atoms with E-state index in [9.17, 15) is 9.90 Å². The van der Waals surface area contributed by atoms with Crippen molar-refractivity contribution in [2.24, 2.45) is 0 Å². The topological polar surface area (TPSA) is 61.4 Å². The summed E-state index contributed by atoms with van der Waals surface area (Å²) in [6.45, 7) is 3.93. The van der Waals surface area contributed by atoms with Crippen LogP contribution in [0.4, 0.5) is 4.79 Å². The van der Waals surface area contributed by atoms with Gasteiger partial charge in [-0.15, -0.1) is 11.3 Å². The summed E-state index contributed by atoms with van der Waals surface area (Å²) in [5, 5.41) is 22.2. The van der Waals surface area contributed by atoms with Gasteiger partial charge < -0.3 is 15.7 Å². The predicted octanol–water partition coefficient (Wildman–Crippen LogP) is 2.75. The molecule has 3 N–H and O–H groups in total. The summed E-state index contributed by atoms with van der Waals surface area (Å²) in [6, 6.07) is 5.44. The Balaban J connectivity index is 2.15. The molecule has 6 heteroatoms. The molecule has 0 aliphatic rings. The quantitative estimate of drug-likeness (QED) is 0.795. The number of hydrogen-bond acceptors (Lipinski definition) is 4. The summed E-state index contributed by atoms with van der Waals surface area (Å²) in [7, 11) is 0. The number of rotatable bonds is 5. The molecule has 2 rings (SSSR count). The minimum atomic E-state index is -1.18. The van der Waals surface area contributed by atoms with Gasteiger partial charge in [0, 0.05) is 16.5 Å². The molecule has 0 radical (unpaired) electrons. The van der Waals surface area contributed by atoms with Crippen LogP contribution in [0.5, 0.6) is 0 Å². The second kappa shape index (κ2) is 6.39. The number of carbonyl (C=O) groups excluding carboxylic acids is 1. The first-order chi connectivity index (χ1) is 9.52. The fourth-order valence-corrected chi connectivity index (χ4v) is 3.44. The fourth-order valence-electron chi connectivity index (χ4n) is 1.87. The van der Waals surface area contributed by atoms with Gasteiger partial charge in [0.05, 0.1) is 6.54 Å². The van der Waals surface area contributed by atoms with Crippen LogP contribution in [-0.4, -0.2) is 23.7 Å². The highest BCUT2D eigenvalue weighted by molar-refractivity contribution is 7.10.